The summed E-state index contributed by atoms with van der Waals surface area (Å²) in [6.45, 7) is 3.98. The highest BCUT2D eigenvalue weighted by molar-refractivity contribution is 6.05. The van der Waals surface area contributed by atoms with Gasteiger partial charge in [0.15, 0.2) is 0 Å². The maximum atomic E-state index is 12.5. The Hall–Kier alpha value is -4.12. The molecule has 2 aromatic carbocycles. The van der Waals surface area contributed by atoms with E-state index >= 15 is 0 Å². The summed E-state index contributed by atoms with van der Waals surface area (Å²) in [6, 6.07) is 15.0. The normalized spacial score (nSPS) is 10.2. The Morgan fingerprint density at radius 1 is 1.10 bits per heavy atom. The van der Waals surface area contributed by atoms with E-state index in [1.54, 1.807) is 62.5 Å². The molecule has 0 bridgehead atoms. The molecule has 0 saturated carbocycles. The van der Waals surface area contributed by atoms with Crippen molar-refractivity contribution in [2.24, 2.45) is 0 Å². The molecule has 1 heterocycles. The van der Waals surface area contributed by atoms with Crippen LogP contribution in [-0.4, -0.2) is 29.0 Å². The number of urea groups is 1. The predicted octanol–water partition coefficient (Wildman–Crippen LogP) is 4.08. The highest BCUT2D eigenvalue weighted by atomic mass is 16.5. The van der Waals surface area contributed by atoms with Crippen molar-refractivity contribution in [1.82, 2.24) is 10.1 Å². The molecule has 3 aromatic rings. The smallest absolute Gasteiger partial charge is 0.321 e. The summed E-state index contributed by atoms with van der Waals surface area (Å²) >= 11 is 0. The first-order valence-corrected chi connectivity index (χ1v) is 9.23. The minimum atomic E-state index is -0.342. The van der Waals surface area contributed by atoms with Crippen molar-refractivity contribution >= 4 is 23.3 Å². The largest absolute Gasteiger partial charge is 0.361 e. The molecule has 3 amide bonds. The summed E-state index contributed by atoms with van der Waals surface area (Å²) in [4.78, 5) is 26.6. The number of hydrogen-bond donors (Lipinski definition) is 2. The molecule has 8 heteroatoms. The Balaban J connectivity index is 1.66. The number of carbonyl (C=O) groups is 2. The van der Waals surface area contributed by atoms with E-state index < -0.39 is 0 Å². The van der Waals surface area contributed by atoms with Gasteiger partial charge in [-0.1, -0.05) is 17.3 Å². The molecule has 0 aliphatic heterocycles. The van der Waals surface area contributed by atoms with E-state index in [1.807, 2.05) is 13.0 Å². The van der Waals surface area contributed by atoms with Gasteiger partial charge in [-0.05, 0) is 50.2 Å². The van der Waals surface area contributed by atoms with Crippen LogP contribution < -0.4 is 10.6 Å². The van der Waals surface area contributed by atoms with Crippen molar-refractivity contribution in [1.29, 1.82) is 5.26 Å². The van der Waals surface area contributed by atoms with E-state index in [-0.39, 0.29) is 11.9 Å². The lowest BCUT2D eigenvalue weighted by Gasteiger charge is -2.18. The van der Waals surface area contributed by atoms with Gasteiger partial charge < -0.3 is 20.1 Å². The maximum absolute atomic E-state index is 12.5. The summed E-state index contributed by atoms with van der Waals surface area (Å²) < 4.78 is 5.13. The summed E-state index contributed by atoms with van der Waals surface area (Å²) in [5.74, 6) is 0.330. The van der Waals surface area contributed by atoms with Crippen LogP contribution in [0.25, 0.3) is 0 Å². The number of carbonyl (C=O) groups excluding carboxylic acids is 2. The standard InChI is InChI=1S/C22H21N5O3/c1-14-20(15(2)30-26-14)13-27(3)22(29)25-19-9-5-7-17(11-19)21(28)24-18-8-4-6-16(10-18)12-23/h4-11H,13H2,1-3H3,(H,24,28)(H,25,29). The number of nitriles is 1. The van der Waals surface area contributed by atoms with Crippen LogP contribution in [-0.2, 0) is 6.54 Å². The van der Waals surface area contributed by atoms with Crippen molar-refractivity contribution < 1.29 is 14.1 Å². The zero-order valence-electron chi connectivity index (χ0n) is 16.9. The Morgan fingerprint density at radius 2 is 1.80 bits per heavy atom. The number of aryl methyl sites for hydroxylation is 2. The Labute approximate surface area is 174 Å². The molecule has 1 aromatic heterocycles. The van der Waals surface area contributed by atoms with Gasteiger partial charge in [0.05, 0.1) is 23.9 Å². The van der Waals surface area contributed by atoms with E-state index in [1.165, 1.54) is 4.90 Å². The second-order valence-corrected chi connectivity index (χ2v) is 6.82. The molecule has 152 valence electrons. The predicted molar refractivity (Wildman–Crippen MR) is 112 cm³/mol. The number of amides is 3. The molecule has 0 atom stereocenters. The van der Waals surface area contributed by atoms with Crippen molar-refractivity contribution in [2.45, 2.75) is 20.4 Å². The zero-order chi connectivity index (χ0) is 21.7. The first-order valence-electron chi connectivity index (χ1n) is 9.23. The van der Waals surface area contributed by atoms with Gasteiger partial charge in [-0.25, -0.2) is 4.79 Å². The first-order chi connectivity index (χ1) is 14.4. The first kappa shape index (κ1) is 20.6. The van der Waals surface area contributed by atoms with E-state index in [4.69, 9.17) is 9.78 Å². The van der Waals surface area contributed by atoms with Crippen LogP contribution in [0.2, 0.25) is 0 Å². The van der Waals surface area contributed by atoms with Crippen molar-refractivity contribution in [3.63, 3.8) is 0 Å². The third-order valence-electron chi connectivity index (χ3n) is 4.55. The quantitative estimate of drug-likeness (QED) is 0.667. The molecule has 0 radical (unpaired) electrons. The summed E-state index contributed by atoms with van der Waals surface area (Å²) in [6.07, 6.45) is 0. The maximum Gasteiger partial charge on any atom is 0.321 e. The fourth-order valence-electron chi connectivity index (χ4n) is 2.86. The molecule has 2 N–H and O–H groups in total. The Morgan fingerprint density at radius 3 is 2.47 bits per heavy atom. The third-order valence-corrected chi connectivity index (χ3v) is 4.55. The molecule has 0 unspecified atom stereocenters. The average molecular weight is 403 g/mol. The van der Waals surface area contributed by atoms with E-state index in [0.717, 1.165) is 11.3 Å². The number of benzene rings is 2. The second-order valence-electron chi connectivity index (χ2n) is 6.82. The number of hydrogen-bond acceptors (Lipinski definition) is 5. The highest BCUT2D eigenvalue weighted by Gasteiger charge is 2.16. The molecule has 0 saturated heterocycles. The summed E-state index contributed by atoms with van der Waals surface area (Å²) in [5, 5.41) is 18.4. The van der Waals surface area contributed by atoms with E-state index in [0.29, 0.717) is 34.8 Å². The van der Waals surface area contributed by atoms with Crippen molar-refractivity contribution in [2.75, 3.05) is 17.7 Å². The van der Waals surface area contributed by atoms with Crippen LogP contribution in [0.3, 0.4) is 0 Å². The van der Waals surface area contributed by atoms with Crippen molar-refractivity contribution in [3.05, 3.63) is 76.7 Å². The van der Waals surface area contributed by atoms with Gasteiger partial charge in [-0.2, -0.15) is 5.26 Å². The van der Waals surface area contributed by atoms with Gasteiger partial charge in [0, 0.05) is 29.5 Å². The van der Waals surface area contributed by atoms with Gasteiger partial charge in [0.2, 0.25) is 0 Å². The van der Waals surface area contributed by atoms with Crippen LogP contribution in [0.4, 0.5) is 16.2 Å². The van der Waals surface area contributed by atoms with Crippen molar-refractivity contribution in [3.8, 4) is 6.07 Å². The molecule has 0 aliphatic rings. The minimum absolute atomic E-state index is 0.325. The lowest BCUT2D eigenvalue weighted by atomic mass is 10.1. The van der Waals surface area contributed by atoms with E-state index in [9.17, 15) is 9.59 Å². The number of aromatic nitrogens is 1. The molecule has 0 spiro atoms. The van der Waals surface area contributed by atoms with Crippen LogP contribution in [0.15, 0.2) is 53.1 Å². The zero-order valence-corrected chi connectivity index (χ0v) is 16.9. The topological polar surface area (TPSA) is 111 Å². The average Bonchev–Trinajstić information content (AvgIpc) is 3.06. The Kier molecular flexibility index (Phi) is 6.13. The molecular weight excluding hydrogens is 382 g/mol. The SMILES string of the molecule is Cc1noc(C)c1CN(C)C(=O)Nc1cccc(C(=O)Nc2cccc(C#N)c2)c1. The summed E-state index contributed by atoms with van der Waals surface area (Å²) in [7, 11) is 1.67. The van der Waals surface area contributed by atoms with Gasteiger partial charge in [-0.3, -0.25) is 4.79 Å². The monoisotopic (exact) mass is 403 g/mol. The Bertz CT molecular complexity index is 1110. The lowest BCUT2D eigenvalue weighted by molar-refractivity contribution is 0.102. The molecule has 0 aliphatic carbocycles. The molecule has 8 nitrogen and oxygen atoms in total. The van der Waals surface area contributed by atoms with Gasteiger partial charge in [-0.15, -0.1) is 0 Å². The fourth-order valence-corrected chi connectivity index (χ4v) is 2.86. The highest BCUT2D eigenvalue weighted by Crippen LogP contribution is 2.17. The molecular formula is C22H21N5O3. The third kappa shape index (κ3) is 4.83. The van der Waals surface area contributed by atoms with Gasteiger partial charge >= 0.3 is 6.03 Å². The van der Waals surface area contributed by atoms with E-state index in [2.05, 4.69) is 15.8 Å². The minimum Gasteiger partial charge on any atom is -0.361 e. The number of anilines is 2. The van der Waals surface area contributed by atoms with Crippen LogP contribution in [0.1, 0.15) is 32.9 Å². The van der Waals surface area contributed by atoms with Gasteiger partial charge in [0.25, 0.3) is 5.91 Å². The van der Waals surface area contributed by atoms with Crippen LogP contribution >= 0.6 is 0 Å². The molecule has 3 rings (SSSR count). The summed E-state index contributed by atoms with van der Waals surface area (Å²) in [5.41, 5.74) is 3.45. The number of nitrogens with one attached hydrogen (secondary N) is 2. The number of rotatable bonds is 5. The van der Waals surface area contributed by atoms with Crippen LogP contribution in [0, 0.1) is 25.2 Å². The second kappa shape index (κ2) is 8.92. The molecule has 30 heavy (non-hydrogen) atoms. The van der Waals surface area contributed by atoms with Gasteiger partial charge in [0.1, 0.15) is 5.76 Å². The number of nitrogens with zero attached hydrogens (tertiary/aromatic N) is 3. The fraction of sp³-hybridized carbons (Fsp3) is 0.182. The molecule has 0 fully saturated rings. The van der Waals surface area contributed by atoms with Crippen LogP contribution in [0.5, 0.6) is 0 Å². The lowest BCUT2D eigenvalue weighted by Crippen LogP contribution is -2.31.